The summed E-state index contributed by atoms with van der Waals surface area (Å²) in [5, 5.41) is 0. The van der Waals surface area contributed by atoms with Crippen LogP contribution >= 0.6 is 0 Å². The van der Waals surface area contributed by atoms with Crippen molar-refractivity contribution in [3.63, 3.8) is 0 Å². The zero-order chi connectivity index (χ0) is 14.1. The van der Waals surface area contributed by atoms with Gasteiger partial charge in [0.05, 0.1) is 17.6 Å². The lowest BCUT2D eigenvalue weighted by atomic mass is 10.2. The van der Waals surface area contributed by atoms with Crippen molar-refractivity contribution in [2.45, 2.75) is 13.5 Å². The minimum Gasteiger partial charge on any atom is -0.399 e. The van der Waals surface area contributed by atoms with Crippen LogP contribution in [0.5, 0.6) is 0 Å². The van der Waals surface area contributed by atoms with Crippen molar-refractivity contribution in [1.82, 2.24) is 9.55 Å². The van der Waals surface area contributed by atoms with Crippen molar-refractivity contribution in [2.24, 2.45) is 0 Å². The van der Waals surface area contributed by atoms with Crippen LogP contribution in [-0.2, 0) is 6.54 Å². The van der Waals surface area contributed by atoms with E-state index < -0.39 is 0 Å². The van der Waals surface area contributed by atoms with Crippen LogP contribution in [0.25, 0.3) is 11.0 Å². The molecule has 0 radical (unpaired) electrons. The van der Waals surface area contributed by atoms with E-state index in [-0.39, 0.29) is 5.56 Å². The predicted molar refractivity (Wildman–Crippen MR) is 80.7 cm³/mol. The van der Waals surface area contributed by atoms with Crippen molar-refractivity contribution in [1.29, 1.82) is 0 Å². The highest BCUT2D eigenvalue weighted by atomic mass is 16.1. The maximum atomic E-state index is 12.3. The zero-order valence-corrected chi connectivity index (χ0v) is 11.2. The highest BCUT2D eigenvalue weighted by Crippen LogP contribution is 2.13. The summed E-state index contributed by atoms with van der Waals surface area (Å²) in [6, 6.07) is 15.2. The Hall–Kier alpha value is -2.62. The second-order valence-electron chi connectivity index (χ2n) is 4.82. The van der Waals surface area contributed by atoms with Gasteiger partial charge in [-0.15, -0.1) is 0 Å². The van der Waals surface area contributed by atoms with Gasteiger partial charge in [0.1, 0.15) is 5.69 Å². The van der Waals surface area contributed by atoms with Crippen LogP contribution < -0.4 is 11.3 Å². The summed E-state index contributed by atoms with van der Waals surface area (Å²) in [5.41, 5.74) is 9.60. The number of rotatable bonds is 2. The van der Waals surface area contributed by atoms with Crippen molar-refractivity contribution < 1.29 is 0 Å². The van der Waals surface area contributed by atoms with E-state index >= 15 is 0 Å². The number of benzene rings is 2. The van der Waals surface area contributed by atoms with E-state index in [9.17, 15) is 4.79 Å². The van der Waals surface area contributed by atoms with Gasteiger partial charge in [0.25, 0.3) is 5.56 Å². The molecule has 4 heteroatoms. The molecule has 4 nitrogen and oxygen atoms in total. The topological polar surface area (TPSA) is 60.9 Å². The van der Waals surface area contributed by atoms with Crippen LogP contribution in [0.1, 0.15) is 11.3 Å². The van der Waals surface area contributed by atoms with Gasteiger partial charge < -0.3 is 10.3 Å². The van der Waals surface area contributed by atoms with Gasteiger partial charge in [0.2, 0.25) is 0 Å². The quantitative estimate of drug-likeness (QED) is 0.723. The molecule has 1 aromatic heterocycles. The van der Waals surface area contributed by atoms with Gasteiger partial charge in [0.15, 0.2) is 0 Å². The second-order valence-corrected chi connectivity index (χ2v) is 4.82. The summed E-state index contributed by atoms with van der Waals surface area (Å²) in [6.45, 7) is 2.23. The van der Waals surface area contributed by atoms with E-state index in [0.29, 0.717) is 17.9 Å². The van der Waals surface area contributed by atoms with Gasteiger partial charge in [-0.2, -0.15) is 0 Å². The predicted octanol–water partition coefficient (Wildman–Crippen LogP) is 2.34. The Kier molecular flexibility index (Phi) is 2.99. The summed E-state index contributed by atoms with van der Waals surface area (Å²) >= 11 is 0. The minimum absolute atomic E-state index is 0.0638. The highest BCUT2D eigenvalue weighted by molar-refractivity contribution is 5.74. The Labute approximate surface area is 116 Å². The van der Waals surface area contributed by atoms with Crippen LogP contribution in [0.3, 0.4) is 0 Å². The highest BCUT2D eigenvalue weighted by Gasteiger charge is 2.08. The number of aromatic nitrogens is 2. The molecule has 2 aromatic carbocycles. The van der Waals surface area contributed by atoms with E-state index in [0.717, 1.165) is 16.6 Å². The van der Waals surface area contributed by atoms with Crippen molar-refractivity contribution in [3.05, 3.63) is 70.1 Å². The second kappa shape index (κ2) is 4.81. The molecular weight excluding hydrogens is 250 g/mol. The molecule has 1 heterocycles. The molecule has 0 aliphatic rings. The fourth-order valence-electron chi connectivity index (χ4n) is 2.35. The number of nitrogens with zero attached hydrogens (tertiary/aromatic N) is 2. The number of aryl methyl sites for hydroxylation is 1. The van der Waals surface area contributed by atoms with Crippen molar-refractivity contribution in [3.8, 4) is 0 Å². The number of anilines is 1. The Bertz CT molecular complexity index is 836. The third-order valence-electron chi connectivity index (χ3n) is 3.31. The van der Waals surface area contributed by atoms with Crippen molar-refractivity contribution >= 4 is 16.7 Å². The maximum absolute atomic E-state index is 12.3. The molecule has 100 valence electrons. The van der Waals surface area contributed by atoms with Crippen molar-refractivity contribution in [2.75, 3.05) is 5.73 Å². The smallest absolute Gasteiger partial charge is 0.272 e. The molecule has 20 heavy (non-hydrogen) atoms. The molecule has 0 atom stereocenters. The molecule has 2 N–H and O–H groups in total. The molecule has 0 aliphatic heterocycles. The normalized spacial score (nSPS) is 10.8. The van der Waals surface area contributed by atoms with E-state index in [1.807, 2.05) is 48.5 Å². The molecule has 0 spiro atoms. The van der Waals surface area contributed by atoms with E-state index in [4.69, 9.17) is 5.73 Å². The molecule has 0 amide bonds. The number of fused-ring (bicyclic) bond motifs is 1. The van der Waals surface area contributed by atoms with Gasteiger partial charge in [-0.25, -0.2) is 4.98 Å². The number of hydrogen-bond donors (Lipinski definition) is 1. The van der Waals surface area contributed by atoms with E-state index in [1.54, 1.807) is 11.5 Å². The van der Waals surface area contributed by atoms with Gasteiger partial charge in [-0.3, -0.25) is 4.79 Å². The molecule has 0 saturated carbocycles. The Morgan fingerprint density at radius 3 is 2.75 bits per heavy atom. The summed E-state index contributed by atoms with van der Waals surface area (Å²) < 4.78 is 1.74. The first kappa shape index (κ1) is 12.4. The molecule has 3 aromatic rings. The van der Waals surface area contributed by atoms with Crippen LogP contribution in [0.4, 0.5) is 5.69 Å². The average molecular weight is 265 g/mol. The third-order valence-corrected chi connectivity index (χ3v) is 3.31. The lowest BCUT2D eigenvalue weighted by Crippen LogP contribution is -2.24. The molecule has 0 unspecified atom stereocenters. The molecule has 3 rings (SSSR count). The molecular formula is C16H15N3O. The largest absolute Gasteiger partial charge is 0.399 e. The fourth-order valence-corrected chi connectivity index (χ4v) is 2.35. The Morgan fingerprint density at radius 1 is 1.15 bits per heavy atom. The van der Waals surface area contributed by atoms with Crippen LogP contribution in [0.2, 0.25) is 0 Å². The van der Waals surface area contributed by atoms with E-state index in [2.05, 4.69) is 4.98 Å². The molecule has 0 fully saturated rings. The number of nitrogen functional groups attached to an aromatic ring is 1. The monoisotopic (exact) mass is 265 g/mol. The van der Waals surface area contributed by atoms with Gasteiger partial charge in [0, 0.05) is 5.69 Å². The number of nitrogens with two attached hydrogens (primary N) is 1. The Balaban J connectivity index is 2.20. The average Bonchev–Trinajstić information content (AvgIpc) is 2.44. The maximum Gasteiger partial charge on any atom is 0.272 e. The van der Waals surface area contributed by atoms with Gasteiger partial charge in [-0.1, -0.05) is 24.3 Å². The summed E-state index contributed by atoms with van der Waals surface area (Å²) in [6.07, 6.45) is 0. The first-order valence-corrected chi connectivity index (χ1v) is 6.46. The summed E-state index contributed by atoms with van der Waals surface area (Å²) in [4.78, 5) is 16.7. The van der Waals surface area contributed by atoms with Crippen LogP contribution in [-0.4, -0.2) is 9.55 Å². The lowest BCUT2D eigenvalue weighted by Gasteiger charge is -2.11. The number of para-hydroxylation sites is 2. The standard InChI is InChI=1S/C16H15N3O/c1-11-16(20)19(10-12-5-4-6-13(17)9-12)15-8-3-2-7-14(15)18-11/h2-9H,10,17H2,1H3. The molecule has 0 bridgehead atoms. The van der Waals surface area contributed by atoms with E-state index in [1.165, 1.54) is 0 Å². The first-order chi connectivity index (χ1) is 9.65. The zero-order valence-electron chi connectivity index (χ0n) is 11.2. The number of hydrogen-bond acceptors (Lipinski definition) is 3. The van der Waals surface area contributed by atoms with Gasteiger partial charge in [-0.05, 0) is 36.8 Å². The minimum atomic E-state index is -0.0638. The first-order valence-electron chi connectivity index (χ1n) is 6.46. The Morgan fingerprint density at radius 2 is 1.95 bits per heavy atom. The summed E-state index contributed by atoms with van der Waals surface area (Å²) in [5.74, 6) is 0. The summed E-state index contributed by atoms with van der Waals surface area (Å²) in [7, 11) is 0. The fraction of sp³-hybridized carbons (Fsp3) is 0.125. The third kappa shape index (κ3) is 2.16. The lowest BCUT2D eigenvalue weighted by molar-refractivity contribution is 0.776. The molecule has 0 aliphatic carbocycles. The van der Waals surface area contributed by atoms with Crippen LogP contribution in [0, 0.1) is 6.92 Å². The van der Waals surface area contributed by atoms with Gasteiger partial charge >= 0.3 is 0 Å². The van der Waals surface area contributed by atoms with Crippen LogP contribution in [0.15, 0.2) is 53.3 Å². The SMILES string of the molecule is Cc1nc2ccccc2n(Cc2cccc(N)c2)c1=O. The molecule has 0 saturated heterocycles.